The molecular weight excluding hydrogens is 364 g/mol. The summed E-state index contributed by atoms with van der Waals surface area (Å²) in [5.41, 5.74) is 8.59. The molecule has 0 spiro atoms. The molecule has 0 radical (unpaired) electrons. The SMILES string of the molecule is CC(C)c1cc(C(C)C)c(C(=O)Cc2c(C(C)C)cccc2C(C)C)c(C(C)C)c1. The van der Waals surface area contributed by atoms with Crippen LogP contribution in [0.1, 0.15) is 143 Å². The summed E-state index contributed by atoms with van der Waals surface area (Å²) in [6.45, 7) is 22.2. The third-order valence-corrected chi connectivity index (χ3v) is 6.24. The molecule has 1 heteroatoms. The van der Waals surface area contributed by atoms with Crippen molar-refractivity contribution in [1.29, 1.82) is 0 Å². The number of carbonyl (C=O) groups is 1. The second-order valence-corrected chi connectivity index (χ2v) is 10.4. The second kappa shape index (κ2) is 9.94. The van der Waals surface area contributed by atoms with E-state index in [-0.39, 0.29) is 5.78 Å². The summed E-state index contributed by atoms with van der Waals surface area (Å²) in [5, 5.41) is 0. The molecule has 0 aromatic heterocycles. The van der Waals surface area contributed by atoms with Gasteiger partial charge in [-0.15, -0.1) is 0 Å². The molecule has 0 unspecified atom stereocenters. The molecule has 164 valence electrons. The van der Waals surface area contributed by atoms with E-state index in [1.54, 1.807) is 0 Å². The van der Waals surface area contributed by atoms with Gasteiger partial charge in [0.05, 0.1) is 0 Å². The topological polar surface area (TPSA) is 17.1 Å². The van der Waals surface area contributed by atoms with Crippen molar-refractivity contribution in [3.8, 4) is 0 Å². The summed E-state index contributed by atoms with van der Waals surface area (Å²) in [4.78, 5) is 13.9. The first-order valence-corrected chi connectivity index (χ1v) is 11.8. The Morgan fingerprint density at radius 2 is 1.03 bits per heavy atom. The van der Waals surface area contributed by atoms with Crippen molar-refractivity contribution in [2.24, 2.45) is 0 Å². The quantitative estimate of drug-likeness (QED) is 0.400. The Morgan fingerprint density at radius 3 is 1.37 bits per heavy atom. The fourth-order valence-corrected chi connectivity index (χ4v) is 4.44. The first kappa shape index (κ1) is 24.4. The molecule has 0 aliphatic heterocycles. The van der Waals surface area contributed by atoms with Crippen LogP contribution in [-0.4, -0.2) is 5.78 Å². The van der Waals surface area contributed by atoms with Gasteiger partial charge in [-0.1, -0.05) is 99.6 Å². The van der Waals surface area contributed by atoms with Gasteiger partial charge in [-0.05, 0) is 63.0 Å². The largest absolute Gasteiger partial charge is 0.294 e. The average molecular weight is 407 g/mol. The summed E-state index contributed by atoms with van der Waals surface area (Å²) < 4.78 is 0. The fourth-order valence-electron chi connectivity index (χ4n) is 4.44. The van der Waals surface area contributed by atoms with Crippen LogP contribution in [0.5, 0.6) is 0 Å². The normalized spacial score (nSPS) is 12.1. The van der Waals surface area contributed by atoms with E-state index >= 15 is 0 Å². The lowest BCUT2D eigenvalue weighted by Crippen LogP contribution is -2.16. The molecule has 1 nitrogen and oxygen atoms in total. The molecule has 0 saturated heterocycles. The van der Waals surface area contributed by atoms with Crippen LogP contribution in [0.4, 0.5) is 0 Å². The molecule has 0 fully saturated rings. The minimum atomic E-state index is 0.271. The Balaban J connectivity index is 2.68. The van der Waals surface area contributed by atoms with Crippen molar-refractivity contribution < 1.29 is 4.79 Å². The van der Waals surface area contributed by atoms with E-state index in [1.807, 2.05) is 0 Å². The Labute approximate surface area is 185 Å². The van der Waals surface area contributed by atoms with E-state index in [0.29, 0.717) is 36.0 Å². The van der Waals surface area contributed by atoms with Gasteiger partial charge in [0.2, 0.25) is 0 Å². The monoisotopic (exact) mass is 406 g/mol. The fraction of sp³-hybridized carbons (Fsp3) is 0.552. The molecule has 2 rings (SSSR count). The van der Waals surface area contributed by atoms with Crippen LogP contribution in [-0.2, 0) is 6.42 Å². The minimum absolute atomic E-state index is 0.271. The molecule has 2 aromatic carbocycles. The smallest absolute Gasteiger partial charge is 0.167 e. The Hall–Kier alpha value is -1.89. The minimum Gasteiger partial charge on any atom is -0.294 e. The molecule has 0 amide bonds. The van der Waals surface area contributed by atoms with Crippen LogP contribution >= 0.6 is 0 Å². The predicted molar refractivity (Wildman–Crippen MR) is 131 cm³/mol. The summed E-state index contributed by atoms with van der Waals surface area (Å²) in [6, 6.07) is 11.1. The highest BCUT2D eigenvalue weighted by Gasteiger charge is 2.24. The molecule has 0 bridgehead atoms. The van der Waals surface area contributed by atoms with Crippen LogP contribution in [0, 0.1) is 0 Å². The number of benzene rings is 2. The third kappa shape index (κ3) is 5.23. The zero-order valence-electron chi connectivity index (χ0n) is 20.9. The molecule has 0 heterocycles. The number of carbonyl (C=O) groups excluding carboxylic acids is 1. The molecular formula is C29H42O. The van der Waals surface area contributed by atoms with Gasteiger partial charge < -0.3 is 0 Å². The van der Waals surface area contributed by atoms with E-state index in [1.165, 1.54) is 33.4 Å². The number of rotatable bonds is 8. The van der Waals surface area contributed by atoms with Crippen LogP contribution in [0.2, 0.25) is 0 Å². The molecule has 2 aromatic rings. The van der Waals surface area contributed by atoms with Gasteiger partial charge in [0.1, 0.15) is 0 Å². The van der Waals surface area contributed by atoms with Crippen molar-refractivity contribution in [1.82, 2.24) is 0 Å². The Morgan fingerprint density at radius 1 is 0.633 bits per heavy atom. The van der Waals surface area contributed by atoms with Crippen LogP contribution < -0.4 is 0 Å². The van der Waals surface area contributed by atoms with Gasteiger partial charge in [0, 0.05) is 12.0 Å². The van der Waals surface area contributed by atoms with Crippen molar-refractivity contribution in [2.45, 2.75) is 105 Å². The number of Topliss-reactive ketones (excluding diaryl/α,β-unsaturated/α-hetero) is 1. The highest BCUT2D eigenvalue weighted by Crippen LogP contribution is 2.35. The predicted octanol–water partition coefficient (Wildman–Crippen LogP) is 8.73. The van der Waals surface area contributed by atoms with Crippen molar-refractivity contribution in [2.75, 3.05) is 0 Å². The van der Waals surface area contributed by atoms with Crippen LogP contribution in [0.15, 0.2) is 30.3 Å². The molecule has 0 aliphatic carbocycles. The maximum Gasteiger partial charge on any atom is 0.167 e. The van der Waals surface area contributed by atoms with Gasteiger partial charge in [0.15, 0.2) is 5.78 Å². The van der Waals surface area contributed by atoms with Gasteiger partial charge in [-0.3, -0.25) is 4.79 Å². The first-order valence-electron chi connectivity index (χ1n) is 11.8. The summed E-state index contributed by atoms with van der Waals surface area (Å²) in [6.07, 6.45) is 0.488. The highest BCUT2D eigenvalue weighted by atomic mass is 16.1. The van der Waals surface area contributed by atoms with E-state index in [4.69, 9.17) is 0 Å². The Bertz CT molecular complexity index is 826. The van der Waals surface area contributed by atoms with Crippen LogP contribution in [0.25, 0.3) is 0 Å². The molecule has 0 saturated carbocycles. The standard InChI is InChI=1S/C29H42O/c1-17(2)22-14-25(20(7)8)29(26(15-22)21(9)10)28(30)16-27-23(18(3)4)12-11-13-24(27)19(5)6/h11-15,17-21H,16H2,1-10H3. The summed E-state index contributed by atoms with van der Waals surface area (Å²) >= 11 is 0. The van der Waals surface area contributed by atoms with Gasteiger partial charge >= 0.3 is 0 Å². The van der Waals surface area contributed by atoms with Crippen molar-refractivity contribution in [3.63, 3.8) is 0 Å². The van der Waals surface area contributed by atoms with Gasteiger partial charge in [-0.25, -0.2) is 0 Å². The second-order valence-electron chi connectivity index (χ2n) is 10.4. The van der Waals surface area contributed by atoms with Gasteiger partial charge in [0.25, 0.3) is 0 Å². The first-order chi connectivity index (χ1) is 14.0. The Kier molecular flexibility index (Phi) is 8.08. The summed E-state index contributed by atoms with van der Waals surface area (Å²) in [7, 11) is 0. The zero-order chi connectivity index (χ0) is 22.7. The van der Waals surface area contributed by atoms with Crippen molar-refractivity contribution >= 4 is 5.78 Å². The van der Waals surface area contributed by atoms with E-state index in [0.717, 1.165) is 5.56 Å². The number of hydrogen-bond acceptors (Lipinski definition) is 1. The zero-order valence-corrected chi connectivity index (χ0v) is 20.9. The van der Waals surface area contributed by atoms with E-state index < -0.39 is 0 Å². The maximum absolute atomic E-state index is 13.9. The molecule has 0 aliphatic rings. The van der Waals surface area contributed by atoms with E-state index in [9.17, 15) is 4.79 Å². The average Bonchev–Trinajstić information content (AvgIpc) is 2.66. The molecule has 0 N–H and O–H groups in total. The lowest BCUT2D eigenvalue weighted by Gasteiger charge is -2.24. The lowest BCUT2D eigenvalue weighted by molar-refractivity contribution is 0.0990. The van der Waals surface area contributed by atoms with Crippen LogP contribution in [0.3, 0.4) is 0 Å². The molecule has 30 heavy (non-hydrogen) atoms. The molecule has 0 atom stereocenters. The van der Waals surface area contributed by atoms with E-state index in [2.05, 4.69) is 99.6 Å². The summed E-state index contributed by atoms with van der Waals surface area (Å²) in [5.74, 6) is 2.19. The highest BCUT2D eigenvalue weighted by molar-refractivity contribution is 6.01. The van der Waals surface area contributed by atoms with Crippen molar-refractivity contribution in [3.05, 3.63) is 69.3 Å². The number of ketones is 1. The third-order valence-electron chi connectivity index (χ3n) is 6.24. The maximum atomic E-state index is 13.9. The van der Waals surface area contributed by atoms with Gasteiger partial charge in [-0.2, -0.15) is 0 Å². The lowest BCUT2D eigenvalue weighted by atomic mass is 9.80. The number of hydrogen-bond donors (Lipinski definition) is 0.